The van der Waals surface area contributed by atoms with Crippen molar-refractivity contribution in [3.05, 3.63) is 71.2 Å². The van der Waals surface area contributed by atoms with Gasteiger partial charge in [0.2, 0.25) is 0 Å². The number of hydrogen-bond acceptors (Lipinski definition) is 4. The van der Waals surface area contributed by atoms with Gasteiger partial charge in [0.05, 0.1) is 17.8 Å². The second kappa shape index (κ2) is 9.16. The van der Waals surface area contributed by atoms with E-state index in [-0.39, 0.29) is 18.4 Å². The number of halogens is 2. The van der Waals surface area contributed by atoms with Crippen molar-refractivity contribution in [3.63, 3.8) is 0 Å². The molecule has 3 aromatic rings. The fourth-order valence-corrected chi connectivity index (χ4v) is 4.16. The van der Waals surface area contributed by atoms with Crippen LogP contribution in [0.5, 0.6) is 0 Å². The van der Waals surface area contributed by atoms with E-state index < -0.39 is 11.9 Å². The summed E-state index contributed by atoms with van der Waals surface area (Å²) in [6.45, 7) is 3.85. The van der Waals surface area contributed by atoms with Crippen LogP contribution in [-0.4, -0.2) is 56.3 Å². The van der Waals surface area contributed by atoms with Gasteiger partial charge in [-0.05, 0) is 24.1 Å². The number of likely N-dealkylation sites (tertiary alicyclic amines) is 1. The maximum atomic E-state index is 13.5. The lowest BCUT2D eigenvalue weighted by Gasteiger charge is -2.31. The average Bonchev–Trinajstić information content (AvgIpc) is 3.09. The SMILES string of the molecule is Cc1c(-c2ccccc2)nn(CCN2CCC(F)(F)CC2)c1Cc1cnccc1C(=O)O. The number of carboxylic acid groups (broad SMARTS) is 1. The first-order valence-corrected chi connectivity index (χ1v) is 10.7. The van der Waals surface area contributed by atoms with Crippen LogP contribution in [0.1, 0.15) is 40.0 Å². The number of piperidine rings is 1. The Morgan fingerprint density at radius 2 is 1.84 bits per heavy atom. The molecule has 3 heterocycles. The third-order valence-electron chi connectivity index (χ3n) is 6.08. The molecule has 0 saturated carbocycles. The number of aromatic carboxylic acids is 1. The first-order chi connectivity index (χ1) is 15.3. The Morgan fingerprint density at radius 3 is 2.53 bits per heavy atom. The third-order valence-corrected chi connectivity index (χ3v) is 6.08. The molecule has 32 heavy (non-hydrogen) atoms. The van der Waals surface area contributed by atoms with E-state index in [9.17, 15) is 18.7 Å². The van der Waals surface area contributed by atoms with Gasteiger partial charge in [0.1, 0.15) is 0 Å². The van der Waals surface area contributed by atoms with Gasteiger partial charge in [-0.3, -0.25) is 9.67 Å². The molecular weight excluding hydrogens is 414 g/mol. The first-order valence-electron chi connectivity index (χ1n) is 10.7. The van der Waals surface area contributed by atoms with Crippen LogP contribution in [0.25, 0.3) is 11.3 Å². The van der Waals surface area contributed by atoms with Crippen LogP contribution in [0.4, 0.5) is 8.78 Å². The number of carbonyl (C=O) groups is 1. The van der Waals surface area contributed by atoms with Crippen LogP contribution in [-0.2, 0) is 13.0 Å². The minimum atomic E-state index is -2.57. The van der Waals surface area contributed by atoms with Gasteiger partial charge in [0, 0.05) is 62.5 Å². The minimum absolute atomic E-state index is 0.120. The molecule has 1 aliphatic rings. The van der Waals surface area contributed by atoms with Crippen molar-refractivity contribution in [1.29, 1.82) is 0 Å². The molecule has 0 unspecified atom stereocenters. The Labute approximate surface area is 185 Å². The van der Waals surface area contributed by atoms with Gasteiger partial charge in [-0.2, -0.15) is 5.10 Å². The van der Waals surface area contributed by atoms with Crippen molar-refractivity contribution < 1.29 is 18.7 Å². The van der Waals surface area contributed by atoms with Gasteiger partial charge < -0.3 is 10.0 Å². The quantitative estimate of drug-likeness (QED) is 0.594. The highest BCUT2D eigenvalue weighted by atomic mass is 19.3. The molecule has 1 N–H and O–H groups in total. The van der Waals surface area contributed by atoms with E-state index in [1.165, 1.54) is 12.3 Å². The molecule has 4 rings (SSSR count). The summed E-state index contributed by atoms with van der Waals surface area (Å²) in [6.07, 6.45) is 3.18. The number of nitrogens with zero attached hydrogens (tertiary/aromatic N) is 4. The van der Waals surface area contributed by atoms with Gasteiger partial charge in [0.25, 0.3) is 5.92 Å². The van der Waals surface area contributed by atoms with E-state index in [1.54, 1.807) is 6.20 Å². The van der Waals surface area contributed by atoms with E-state index in [1.807, 2.05) is 46.8 Å². The van der Waals surface area contributed by atoms with Gasteiger partial charge in [0.15, 0.2) is 0 Å². The smallest absolute Gasteiger partial charge is 0.336 e. The molecular formula is C24H26F2N4O2. The Morgan fingerprint density at radius 1 is 1.12 bits per heavy atom. The number of pyridine rings is 1. The van der Waals surface area contributed by atoms with E-state index in [2.05, 4.69) is 4.98 Å². The van der Waals surface area contributed by atoms with Crippen molar-refractivity contribution >= 4 is 5.97 Å². The molecule has 1 saturated heterocycles. The highest BCUT2D eigenvalue weighted by molar-refractivity contribution is 5.89. The average molecular weight is 440 g/mol. The van der Waals surface area contributed by atoms with E-state index in [0.29, 0.717) is 38.2 Å². The standard InChI is InChI=1S/C24H26F2N4O2/c1-17-21(15-19-16-27-10-7-20(19)23(31)32)30(28-22(17)18-5-3-2-4-6-18)14-13-29-11-8-24(25,26)9-12-29/h2-7,10,16H,8-9,11-15H2,1H3,(H,31,32). The summed E-state index contributed by atoms with van der Waals surface area (Å²) in [5.41, 5.74) is 4.52. The molecule has 0 bridgehead atoms. The highest BCUT2D eigenvalue weighted by Gasteiger charge is 2.33. The molecule has 1 aromatic carbocycles. The van der Waals surface area contributed by atoms with Crippen LogP contribution in [0.15, 0.2) is 48.8 Å². The molecule has 0 amide bonds. The zero-order valence-electron chi connectivity index (χ0n) is 18.0. The molecule has 8 heteroatoms. The Kier molecular flexibility index (Phi) is 6.32. The lowest BCUT2D eigenvalue weighted by atomic mass is 10.0. The molecule has 1 fully saturated rings. The molecule has 0 aliphatic carbocycles. The fourth-order valence-electron chi connectivity index (χ4n) is 4.16. The van der Waals surface area contributed by atoms with E-state index in [4.69, 9.17) is 5.10 Å². The van der Waals surface area contributed by atoms with Gasteiger partial charge >= 0.3 is 5.97 Å². The topological polar surface area (TPSA) is 71.2 Å². The van der Waals surface area contributed by atoms with Crippen molar-refractivity contribution in [1.82, 2.24) is 19.7 Å². The second-order valence-corrected chi connectivity index (χ2v) is 8.22. The van der Waals surface area contributed by atoms with E-state index >= 15 is 0 Å². The summed E-state index contributed by atoms with van der Waals surface area (Å²) in [4.78, 5) is 17.8. The largest absolute Gasteiger partial charge is 0.478 e. The van der Waals surface area contributed by atoms with Crippen LogP contribution in [0, 0.1) is 6.92 Å². The first kappa shape index (κ1) is 22.1. The number of carboxylic acids is 1. The molecule has 168 valence electrons. The predicted octanol–water partition coefficient (Wildman–Crippen LogP) is 4.27. The van der Waals surface area contributed by atoms with Crippen LogP contribution in [0.2, 0.25) is 0 Å². The number of benzene rings is 1. The summed E-state index contributed by atoms with van der Waals surface area (Å²) in [7, 11) is 0. The number of aromatic nitrogens is 3. The van der Waals surface area contributed by atoms with Gasteiger partial charge in [-0.25, -0.2) is 13.6 Å². The third kappa shape index (κ3) is 4.85. The fraction of sp³-hybridized carbons (Fsp3) is 0.375. The maximum Gasteiger partial charge on any atom is 0.336 e. The summed E-state index contributed by atoms with van der Waals surface area (Å²) in [6, 6.07) is 11.3. The molecule has 1 aliphatic heterocycles. The Balaban J connectivity index is 1.63. The Hall–Kier alpha value is -3.13. The molecule has 2 aromatic heterocycles. The summed E-state index contributed by atoms with van der Waals surface area (Å²) >= 11 is 0. The lowest BCUT2D eigenvalue weighted by Crippen LogP contribution is -2.40. The summed E-state index contributed by atoms with van der Waals surface area (Å²) in [5.74, 6) is -3.57. The number of alkyl halides is 2. The van der Waals surface area contributed by atoms with Crippen molar-refractivity contribution in [2.75, 3.05) is 19.6 Å². The van der Waals surface area contributed by atoms with Crippen LogP contribution in [0.3, 0.4) is 0 Å². The maximum absolute atomic E-state index is 13.5. The van der Waals surface area contributed by atoms with Crippen LogP contribution >= 0.6 is 0 Å². The highest BCUT2D eigenvalue weighted by Crippen LogP contribution is 2.29. The normalized spacial score (nSPS) is 16.2. The van der Waals surface area contributed by atoms with Crippen molar-refractivity contribution in [3.8, 4) is 11.3 Å². The lowest BCUT2D eigenvalue weighted by molar-refractivity contribution is -0.0555. The predicted molar refractivity (Wildman–Crippen MR) is 117 cm³/mol. The summed E-state index contributed by atoms with van der Waals surface area (Å²) in [5, 5.41) is 14.4. The van der Waals surface area contributed by atoms with Gasteiger partial charge in [-0.1, -0.05) is 30.3 Å². The molecule has 0 radical (unpaired) electrons. The van der Waals surface area contributed by atoms with Crippen molar-refractivity contribution in [2.24, 2.45) is 0 Å². The minimum Gasteiger partial charge on any atom is -0.478 e. The monoisotopic (exact) mass is 440 g/mol. The molecule has 0 atom stereocenters. The Bertz CT molecular complexity index is 1090. The molecule has 6 nitrogen and oxygen atoms in total. The summed E-state index contributed by atoms with van der Waals surface area (Å²) < 4.78 is 28.9. The zero-order chi connectivity index (χ0) is 22.7. The molecule has 0 spiro atoms. The van der Waals surface area contributed by atoms with E-state index in [0.717, 1.165) is 22.5 Å². The van der Waals surface area contributed by atoms with Crippen LogP contribution < -0.4 is 0 Å². The van der Waals surface area contributed by atoms with Gasteiger partial charge in [-0.15, -0.1) is 0 Å². The second-order valence-electron chi connectivity index (χ2n) is 8.22. The number of hydrogen-bond donors (Lipinski definition) is 1. The number of rotatable bonds is 7. The zero-order valence-corrected chi connectivity index (χ0v) is 18.0. The van der Waals surface area contributed by atoms with Crippen molar-refractivity contribution in [2.45, 2.75) is 38.7 Å².